The second-order valence-electron chi connectivity index (χ2n) is 3.61. The smallest absolute Gasteiger partial charge is 0.253 e. The molecule has 2 amide bonds. The Hall–Kier alpha value is -2.36. The Bertz CT molecular complexity index is 482. The van der Waals surface area contributed by atoms with E-state index in [9.17, 15) is 9.59 Å². The number of amides is 2. The van der Waals surface area contributed by atoms with Gasteiger partial charge in [-0.3, -0.25) is 14.5 Å². The molecule has 0 bridgehead atoms. The summed E-state index contributed by atoms with van der Waals surface area (Å²) in [7, 11) is 0. The molecule has 0 atom stereocenters. The summed E-state index contributed by atoms with van der Waals surface area (Å²) in [5.74, 6) is -0.369. The molecule has 17 heavy (non-hydrogen) atoms. The lowest BCUT2D eigenvalue weighted by atomic mass is 10.2. The Balaban J connectivity index is 1.96. The van der Waals surface area contributed by atoms with Crippen LogP contribution >= 0.6 is 0 Å². The average Bonchev–Trinajstić information content (AvgIpc) is 2.63. The van der Waals surface area contributed by atoms with Gasteiger partial charge >= 0.3 is 0 Å². The first kappa shape index (κ1) is 11.1. The van der Waals surface area contributed by atoms with E-state index in [1.54, 1.807) is 36.4 Å². The first-order valence-electron chi connectivity index (χ1n) is 5.16. The summed E-state index contributed by atoms with van der Waals surface area (Å²) in [5.41, 5.74) is 0.898. The lowest BCUT2D eigenvalue weighted by Crippen LogP contribution is -2.29. The molecular formula is C13H11NO3. The topological polar surface area (TPSA) is 57.6 Å². The van der Waals surface area contributed by atoms with Crippen LogP contribution in [-0.2, 0) is 9.59 Å². The van der Waals surface area contributed by atoms with Crippen LogP contribution in [0.3, 0.4) is 0 Å². The van der Waals surface area contributed by atoms with Crippen LogP contribution in [-0.4, -0.2) is 28.4 Å². The largest absolute Gasteiger partial charge is 0.508 e. The van der Waals surface area contributed by atoms with E-state index < -0.39 is 0 Å². The van der Waals surface area contributed by atoms with E-state index in [0.29, 0.717) is 0 Å². The number of carbonyl (C=O) groups is 2. The minimum Gasteiger partial charge on any atom is -0.508 e. The monoisotopic (exact) mass is 229 g/mol. The van der Waals surface area contributed by atoms with Gasteiger partial charge < -0.3 is 5.11 Å². The predicted molar refractivity (Wildman–Crippen MR) is 63.0 cm³/mol. The van der Waals surface area contributed by atoms with Crippen molar-refractivity contribution in [2.24, 2.45) is 0 Å². The summed E-state index contributed by atoms with van der Waals surface area (Å²) in [6, 6.07) is 6.65. The van der Waals surface area contributed by atoms with Crippen LogP contribution < -0.4 is 0 Å². The number of imide groups is 1. The molecular weight excluding hydrogens is 218 g/mol. The average molecular weight is 229 g/mol. The third-order valence-electron chi connectivity index (χ3n) is 2.39. The molecule has 0 spiro atoms. The molecule has 0 fully saturated rings. The van der Waals surface area contributed by atoms with Crippen molar-refractivity contribution in [3.05, 3.63) is 48.1 Å². The highest BCUT2D eigenvalue weighted by Gasteiger charge is 2.21. The van der Waals surface area contributed by atoms with Crippen molar-refractivity contribution in [2.45, 2.75) is 0 Å². The molecule has 1 heterocycles. The number of benzene rings is 1. The number of carbonyl (C=O) groups excluding carboxylic acids is 2. The van der Waals surface area contributed by atoms with Gasteiger partial charge in [0.25, 0.3) is 11.8 Å². The van der Waals surface area contributed by atoms with E-state index in [1.165, 1.54) is 12.2 Å². The normalized spacial score (nSPS) is 15.2. The first-order chi connectivity index (χ1) is 8.16. The van der Waals surface area contributed by atoms with Gasteiger partial charge in [-0.2, -0.15) is 0 Å². The minimum atomic E-state index is -0.287. The summed E-state index contributed by atoms with van der Waals surface area (Å²) in [4.78, 5) is 23.6. The van der Waals surface area contributed by atoms with Gasteiger partial charge in [0.15, 0.2) is 0 Å². The fourth-order valence-electron chi connectivity index (χ4n) is 1.49. The summed E-state index contributed by atoms with van der Waals surface area (Å²) in [6.07, 6.45) is 6.04. The molecule has 4 nitrogen and oxygen atoms in total. The number of phenols is 1. The molecule has 0 aromatic heterocycles. The van der Waals surface area contributed by atoms with Crippen molar-refractivity contribution >= 4 is 17.9 Å². The van der Waals surface area contributed by atoms with E-state index >= 15 is 0 Å². The predicted octanol–water partition coefficient (Wildman–Crippen LogP) is 1.33. The molecule has 0 radical (unpaired) electrons. The third kappa shape index (κ3) is 2.60. The Morgan fingerprint density at radius 3 is 2.24 bits per heavy atom. The molecule has 4 heteroatoms. The van der Waals surface area contributed by atoms with Gasteiger partial charge in [-0.05, 0) is 17.7 Å². The summed E-state index contributed by atoms with van der Waals surface area (Å²) in [6.45, 7) is 0.255. The van der Waals surface area contributed by atoms with Crippen molar-refractivity contribution in [3.8, 4) is 5.75 Å². The molecule has 1 aliphatic rings. The second kappa shape index (κ2) is 4.65. The zero-order chi connectivity index (χ0) is 12.3. The summed E-state index contributed by atoms with van der Waals surface area (Å²) in [5, 5.41) is 9.09. The van der Waals surface area contributed by atoms with Crippen molar-refractivity contribution in [1.82, 2.24) is 4.90 Å². The van der Waals surface area contributed by atoms with E-state index in [0.717, 1.165) is 10.5 Å². The standard InChI is InChI=1S/C13H11NO3/c15-11-5-3-10(4-6-11)2-1-9-14-12(16)7-8-13(14)17/h1-8,15H,9H2. The number of rotatable bonds is 3. The van der Waals surface area contributed by atoms with Crippen LogP contribution in [0.15, 0.2) is 42.5 Å². The molecule has 0 aliphatic carbocycles. The van der Waals surface area contributed by atoms with Gasteiger partial charge in [-0.25, -0.2) is 0 Å². The maximum absolute atomic E-state index is 11.2. The molecule has 1 aromatic carbocycles. The first-order valence-corrected chi connectivity index (χ1v) is 5.16. The van der Waals surface area contributed by atoms with Crippen LogP contribution in [0.5, 0.6) is 5.75 Å². The fraction of sp³-hybridized carbons (Fsp3) is 0.0769. The molecule has 0 unspecified atom stereocenters. The number of hydrogen-bond donors (Lipinski definition) is 1. The fourth-order valence-corrected chi connectivity index (χ4v) is 1.49. The van der Waals surface area contributed by atoms with E-state index in [-0.39, 0.29) is 24.1 Å². The Kier molecular flexibility index (Phi) is 3.05. The van der Waals surface area contributed by atoms with Crippen LogP contribution in [0.1, 0.15) is 5.56 Å². The van der Waals surface area contributed by atoms with Crippen molar-refractivity contribution in [2.75, 3.05) is 6.54 Å². The highest BCUT2D eigenvalue weighted by atomic mass is 16.3. The molecule has 1 aromatic rings. The van der Waals surface area contributed by atoms with E-state index in [4.69, 9.17) is 5.11 Å². The van der Waals surface area contributed by atoms with Crippen LogP contribution in [0.2, 0.25) is 0 Å². The Morgan fingerprint density at radius 2 is 1.65 bits per heavy atom. The van der Waals surface area contributed by atoms with Crippen molar-refractivity contribution in [3.63, 3.8) is 0 Å². The van der Waals surface area contributed by atoms with Gasteiger partial charge in [0.2, 0.25) is 0 Å². The number of phenolic OH excluding ortho intramolecular Hbond substituents is 1. The van der Waals surface area contributed by atoms with E-state index in [2.05, 4.69) is 0 Å². The number of nitrogens with zero attached hydrogens (tertiary/aromatic N) is 1. The quantitative estimate of drug-likeness (QED) is 0.795. The SMILES string of the molecule is O=C1C=CC(=O)N1CC=Cc1ccc(O)cc1. The maximum atomic E-state index is 11.2. The highest BCUT2D eigenvalue weighted by Crippen LogP contribution is 2.11. The molecule has 0 saturated carbocycles. The molecule has 1 N–H and O–H groups in total. The van der Waals surface area contributed by atoms with Gasteiger partial charge in [0.05, 0.1) is 0 Å². The number of hydrogen-bond acceptors (Lipinski definition) is 3. The summed E-state index contributed by atoms with van der Waals surface area (Å²) >= 11 is 0. The lowest BCUT2D eigenvalue weighted by Gasteiger charge is -2.09. The zero-order valence-corrected chi connectivity index (χ0v) is 9.04. The Morgan fingerprint density at radius 1 is 1.06 bits per heavy atom. The molecule has 2 rings (SSSR count). The highest BCUT2D eigenvalue weighted by molar-refractivity contribution is 6.13. The van der Waals surface area contributed by atoms with Crippen molar-refractivity contribution in [1.29, 1.82) is 0 Å². The second-order valence-corrected chi connectivity index (χ2v) is 3.61. The van der Waals surface area contributed by atoms with E-state index in [1.807, 2.05) is 0 Å². The van der Waals surface area contributed by atoms with Gasteiger partial charge in [-0.1, -0.05) is 24.3 Å². The Labute approximate surface area is 98.5 Å². The zero-order valence-electron chi connectivity index (χ0n) is 9.04. The minimum absolute atomic E-state index is 0.205. The maximum Gasteiger partial charge on any atom is 0.253 e. The molecule has 1 aliphatic heterocycles. The molecule has 0 saturated heterocycles. The lowest BCUT2D eigenvalue weighted by molar-refractivity contribution is -0.136. The van der Waals surface area contributed by atoms with Crippen LogP contribution in [0.4, 0.5) is 0 Å². The van der Waals surface area contributed by atoms with Gasteiger partial charge in [-0.15, -0.1) is 0 Å². The molecule has 86 valence electrons. The van der Waals surface area contributed by atoms with Crippen molar-refractivity contribution < 1.29 is 14.7 Å². The number of aromatic hydroxyl groups is 1. The van der Waals surface area contributed by atoms with Crippen LogP contribution in [0.25, 0.3) is 6.08 Å². The van der Waals surface area contributed by atoms with Gasteiger partial charge in [0, 0.05) is 18.7 Å². The third-order valence-corrected chi connectivity index (χ3v) is 2.39. The van der Waals surface area contributed by atoms with Crippen LogP contribution in [0, 0.1) is 0 Å². The summed E-state index contributed by atoms with van der Waals surface area (Å²) < 4.78 is 0. The van der Waals surface area contributed by atoms with Gasteiger partial charge in [0.1, 0.15) is 5.75 Å².